The Bertz CT molecular complexity index is 378. The molecule has 0 aliphatic heterocycles. The van der Waals surface area contributed by atoms with E-state index in [1.54, 1.807) is 0 Å². The molecule has 0 bridgehead atoms. The minimum Gasteiger partial charge on any atom is -1.00 e. The second-order valence-corrected chi connectivity index (χ2v) is 5.52. The predicted octanol–water partition coefficient (Wildman–Crippen LogP) is -4.17. The third kappa shape index (κ3) is 33.1. The summed E-state index contributed by atoms with van der Waals surface area (Å²) in [6, 6.07) is 16.7. The van der Waals surface area contributed by atoms with Crippen molar-refractivity contribution < 1.29 is 87.6 Å². The van der Waals surface area contributed by atoms with Gasteiger partial charge in [-0.3, -0.25) is 0 Å². The van der Waals surface area contributed by atoms with Crippen molar-refractivity contribution in [1.82, 2.24) is 0 Å². The fourth-order valence-corrected chi connectivity index (χ4v) is 1.13. The quantitative estimate of drug-likeness (QED) is 0.383. The molecule has 0 radical (unpaired) electrons. The maximum absolute atomic E-state index is 3.60. The normalized spacial score (nSPS) is 7.54. The molecule has 0 aliphatic carbocycles. The van der Waals surface area contributed by atoms with E-state index in [4.69, 9.17) is 0 Å². The molecule has 0 amide bonds. The van der Waals surface area contributed by atoms with Gasteiger partial charge in [0.25, 0.3) is 0 Å². The summed E-state index contributed by atoms with van der Waals surface area (Å²) >= 11 is 0. The molecule has 0 saturated carbocycles. The Kier molecular flexibility index (Phi) is 54.7. The zero-order valence-corrected chi connectivity index (χ0v) is 21.5. The number of unbranched alkanes of at least 4 members (excludes halogenated alkanes) is 2. The van der Waals surface area contributed by atoms with Crippen LogP contribution in [0.1, 0.15) is 62.2 Å². The van der Waals surface area contributed by atoms with Gasteiger partial charge in [-0.25, -0.2) is 0 Å². The van der Waals surface area contributed by atoms with Gasteiger partial charge in [0.15, 0.2) is 0 Å². The molecule has 0 atom stereocenters. The van der Waals surface area contributed by atoms with Crippen LogP contribution in [0.4, 0.5) is 0 Å². The van der Waals surface area contributed by atoms with Crippen LogP contribution >= 0.6 is 0 Å². The van der Waals surface area contributed by atoms with E-state index < -0.39 is 0 Å². The molecule has 0 aromatic heterocycles. The molecule has 0 spiro atoms. The molecule has 0 saturated heterocycles. The van der Waals surface area contributed by atoms with E-state index in [1.165, 1.54) is 29.5 Å². The minimum absolute atomic E-state index is 0. The Morgan fingerprint density at radius 3 is 1.15 bits per heavy atom. The van der Waals surface area contributed by atoms with E-state index in [1.807, 2.05) is 0 Å². The van der Waals surface area contributed by atoms with Gasteiger partial charge in [-0.05, 0) is 10.8 Å². The van der Waals surface area contributed by atoms with Crippen molar-refractivity contribution in [2.24, 2.45) is 0 Å². The van der Waals surface area contributed by atoms with Gasteiger partial charge >= 0.3 is 86.1 Å². The van der Waals surface area contributed by atoms with Gasteiger partial charge in [-0.15, -0.1) is 0 Å². The summed E-state index contributed by atoms with van der Waals surface area (Å²) in [5, 5.41) is 2.62. The second-order valence-electron chi connectivity index (χ2n) is 5.52. The van der Waals surface area contributed by atoms with Crippen LogP contribution in [0.15, 0.2) is 48.5 Å². The van der Waals surface area contributed by atoms with Crippen molar-refractivity contribution >= 4 is 10.8 Å². The molecule has 0 nitrogen and oxygen atoms in total. The first-order valence-electron chi connectivity index (χ1n) is 8.30. The van der Waals surface area contributed by atoms with E-state index in [-0.39, 0.29) is 87.6 Å². The van der Waals surface area contributed by atoms with E-state index >= 15 is 0 Å². The summed E-state index contributed by atoms with van der Waals surface area (Å²) in [5.74, 6) is 1.42. The summed E-state index contributed by atoms with van der Waals surface area (Å²) in [6.07, 6.45) is 5.60. The standard InChI is InChI=1S/C10H8.3C4H9.3Li.Na.H/c1-2-6-10-8-4-3-7-9(10)5-1;1-4(2)3;2*1-3-4-2;;;;;/h1-8H;1-3H3;3H,4H2,1-2H3;1,3-4H2,2H3;;;;;/q;3*-1;4*+1;-1. The summed E-state index contributed by atoms with van der Waals surface area (Å²) in [5.41, 5.74) is 0. The van der Waals surface area contributed by atoms with Crippen LogP contribution in [0.2, 0.25) is 0 Å². The first-order chi connectivity index (χ1) is 10.5. The van der Waals surface area contributed by atoms with Crippen LogP contribution in [0.25, 0.3) is 10.8 Å². The smallest absolute Gasteiger partial charge is 1.00 e. The third-order valence-corrected chi connectivity index (χ3v) is 2.42. The van der Waals surface area contributed by atoms with Gasteiger partial charge in [-0.2, -0.15) is 40.5 Å². The Balaban J connectivity index is -0.0000000415. The zero-order chi connectivity index (χ0) is 17.2. The number of rotatable bonds is 2. The number of fused-ring (bicyclic) bond motifs is 1. The number of hydrogen-bond donors (Lipinski definition) is 0. The van der Waals surface area contributed by atoms with Crippen LogP contribution in [0.3, 0.4) is 0 Å². The van der Waals surface area contributed by atoms with Gasteiger partial charge < -0.3 is 20.7 Å². The molecule has 0 unspecified atom stereocenters. The largest absolute Gasteiger partial charge is 1.00 e. The minimum atomic E-state index is 0. The molecular formula is C22H36Li3Na. The summed E-state index contributed by atoms with van der Waals surface area (Å²) in [6.45, 7) is 16.2. The van der Waals surface area contributed by atoms with Crippen molar-refractivity contribution in [2.75, 3.05) is 0 Å². The Morgan fingerprint density at radius 1 is 0.846 bits per heavy atom. The molecule has 2 aromatic carbocycles. The Labute approximate surface area is 224 Å². The second kappa shape index (κ2) is 34.0. The summed E-state index contributed by atoms with van der Waals surface area (Å²) < 4.78 is 0. The molecule has 128 valence electrons. The van der Waals surface area contributed by atoms with Crippen LogP contribution in [0.5, 0.6) is 0 Å². The van der Waals surface area contributed by atoms with Gasteiger partial charge in [-0.1, -0.05) is 68.8 Å². The van der Waals surface area contributed by atoms with Crippen LogP contribution < -0.4 is 86.1 Å². The van der Waals surface area contributed by atoms with Crippen molar-refractivity contribution in [3.63, 3.8) is 0 Å². The SMILES string of the molecule is C[C-](C)C.C[CH-]CC.[CH2-]CCC.[H-].[Li+].[Li+].[Li+].[Na+].c1ccc2ccccc2c1. The topological polar surface area (TPSA) is 0 Å². The number of hydrogen-bond acceptors (Lipinski definition) is 0. The van der Waals surface area contributed by atoms with Crippen LogP contribution in [-0.2, 0) is 0 Å². The van der Waals surface area contributed by atoms with Gasteiger partial charge in [0, 0.05) is 0 Å². The first-order valence-corrected chi connectivity index (χ1v) is 8.30. The molecular weight excluding hydrogens is 308 g/mol. The van der Waals surface area contributed by atoms with Crippen molar-refractivity contribution in [1.29, 1.82) is 0 Å². The average molecular weight is 344 g/mol. The maximum Gasteiger partial charge on any atom is 1.00 e. The third-order valence-electron chi connectivity index (χ3n) is 2.42. The van der Waals surface area contributed by atoms with Crippen molar-refractivity contribution in [2.45, 2.75) is 60.8 Å². The molecule has 26 heavy (non-hydrogen) atoms. The van der Waals surface area contributed by atoms with Gasteiger partial charge in [0.2, 0.25) is 0 Å². The van der Waals surface area contributed by atoms with E-state index in [2.05, 4.69) is 103 Å². The molecule has 0 aliphatic rings. The first kappa shape index (κ1) is 41.8. The molecule has 2 aromatic rings. The zero-order valence-electron chi connectivity index (χ0n) is 20.5. The van der Waals surface area contributed by atoms with Crippen LogP contribution in [-0.4, -0.2) is 0 Å². The van der Waals surface area contributed by atoms with Crippen molar-refractivity contribution in [3.8, 4) is 0 Å². The molecule has 0 heterocycles. The molecule has 2 rings (SSSR count). The van der Waals surface area contributed by atoms with Gasteiger partial charge in [0.05, 0.1) is 0 Å². The van der Waals surface area contributed by atoms with E-state index in [0.717, 1.165) is 6.42 Å². The summed E-state index contributed by atoms with van der Waals surface area (Å²) in [4.78, 5) is 0. The predicted molar refractivity (Wildman–Crippen MR) is 106 cm³/mol. The molecule has 0 N–H and O–H groups in total. The average Bonchev–Trinajstić information content (AvgIpc) is 2.55. The van der Waals surface area contributed by atoms with E-state index in [0.29, 0.717) is 0 Å². The van der Waals surface area contributed by atoms with Crippen molar-refractivity contribution in [3.05, 3.63) is 67.8 Å². The number of benzene rings is 2. The Hall–Kier alpha value is 1.49. The van der Waals surface area contributed by atoms with Gasteiger partial charge in [0.1, 0.15) is 0 Å². The maximum atomic E-state index is 3.60. The fraction of sp³-hybridized carbons (Fsp3) is 0.409. The molecule has 0 fully saturated rings. The Morgan fingerprint density at radius 2 is 1.04 bits per heavy atom. The fourth-order valence-electron chi connectivity index (χ4n) is 1.13. The molecule has 4 heteroatoms. The monoisotopic (exact) mass is 344 g/mol. The van der Waals surface area contributed by atoms with E-state index in [9.17, 15) is 0 Å². The van der Waals surface area contributed by atoms with Crippen LogP contribution in [0, 0.1) is 19.3 Å². The summed E-state index contributed by atoms with van der Waals surface area (Å²) in [7, 11) is 0.